The lowest BCUT2D eigenvalue weighted by Crippen LogP contribution is -2.41. The Labute approximate surface area is 152 Å². The van der Waals surface area contributed by atoms with Crippen molar-refractivity contribution in [2.75, 3.05) is 13.7 Å². The quantitative estimate of drug-likeness (QED) is 0.891. The molecule has 6 heteroatoms. The van der Waals surface area contributed by atoms with E-state index in [0.29, 0.717) is 25.3 Å². The molecule has 1 fully saturated rings. The maximum Gasteiger partial charge on any atom is 0.287 e. The number of ether oxygens (including phenoxy) is 1. The molecular weight excluding hydrogens is 332 g/mol. The van der Waals surface area contributed by atoms with Crippen LogP contribution >= 0.6 is 0 Å². The second-order valence-corrected chi connectivity index (χ2v) is 6.95. The maximum absolute atomic E-state index is 12.5. The molecule has 1 aromatic heterocycles. The standard InChI is InChI=1S/C20H22N2O4/c1-25-12-17-6-7-18(26-17)20(24)21-15-10-19(23)22(11-15)16-8-13-4-2-3-5-14(13)9-16/h2-7,15-16H,8-12H2,1H3,(H,21,24)/t15-/m0/s1. The van der Waals surface area contributed by atoms with Crippen molar-refractivity contribution in [3.05, 3.63) is 59.0 Å². The number of likely N-dealkylation sites (tertiary alicyclic amines) is 1. The van der Waals surface area contributed by atoms with Gasteiger partial charge in [0, 0.05) is 26.1 Å². The molecule has 26 heavy (non-hydrogen) atoms. The van der Waals surface area contributed by atoms with Crippen LogP contribution in [-0.4, -0.2) is 42.5 Å². The average Bonchev–Trinajstić information content (AvgIpc) is 3.33. The number of carbonyl (C=O) groups excluding carboxylic acids is 2. The fourth-order valence-corrected chi connectivity index (χ4v) is 3.91. The van der Waals surface area contributed by atoms with E-state index < -0.39 is 0 Å². The molecule has 1 aliphatic heterocycles. The highest BCUT2D eigenvalue weighted by molar-refractivity contribution is 5.92. The molecule has 0 spiro atoms. The summed E-state index contributed by atoms with van der Waals surface area (Å²) in [7, 11) is 1.57. The first-order chi connectivity index (χ1) is 12.6. The van der Waals surface area contributed by atoms with Gasteiger partial charge in [0.25, 0.3) is 5.91 Å². The van der Waals surface area contributed by atoms with E-state index >= 15 is 0 Å². The predicted molar refractivity (Wildman–Crippen MR) is 94.6 cm³/mol. The molecule has 0 saturated carbocycles. The molecule has 0 radical (unpaired) electrons. The highest BCUT2D eigenvalue weighted by Gasteiger charge is 2.37. The van der Waals surface area contributed by atoms with Gasteiger partial charge in [0.1, 0.15) is 12.4 Å². The van der Waals surface area contributed by atoms with E-state index in [1.807, 2.05) is 17.0 Å². The van der Waals surface area contributed by atoms with Crippen LogP contribution in [0.5, 0.6) is 0 Å². The van der Waals surface area contributed by atoms with Crippen molar-refractivity contribution in [2.24, 2.45) is 0 Å². The van der Waals surface area contributed by atoms with Crippen LogP contribution < -0.4 is 5.32 Å². The maximum atomic E-state index is 12.5. The topological polar surface area (TPSA) is 71.8 Å². The van der Waals surface area contributed by atoms with Crippen molar-refractivity contribution >= 4 is 11.8 Å². The SMILES string of the molecule is COCc1ccc(C(=O)N[C@H]2CC(=O)N(C3Cc4ccccc4C3)C2)o1. The molecular formula is C20H22N2O4. The number of amides is 2. The third-order valence-electron chi connectivity index (χ3n) is 5.14. The Morgan fingerprint density at radius 1 is 1.19 bits per heavy atom. The van der Waals surface area contributed by atoms with Crippen molar-refractivity contribution in [2.45, 2.75) is 38.0 Å². The van der Waals surface area contributed by atoms with Gasteiger partial charge in [-0.25, -0.2) is 0 Å². The number of hydrogen-bond donors (Lipinski definition) is 1. The summed E-state index contributed by atoms with van der Waals surface area (Å²) in [6, 6.07) is 11.7. The van der Waals surface area contributed by atoms with E-state index in [9.17, 15) is 9.59 Å². The molecule has 0 unspecified atom stereocenters. The molecule has 2 heterocycles. The summed E-state index contributed by atoms with van der Waals surface area (Å²) >= 11 is 0. The van der Waals surface area contributed by atoms with Gasteiger partial charge in [-0.3, -0.25) is 9.59 Å². The van der Waals surface area contributed by atoms with E-state index in [0.717, 1.165) is 12.8 Å². The van der Waals surface area contributed by atoms with Crippen LogP contribution in [0.15, 0.2) is 40.8 Å². The smallest absolute Gasteiger partial charge is 0.287 e. The number of benzene rings is 1. The Hall–Kier alpha value is -2.60. The van der Waals surface area contributed by atoms with Crippen LogP contribution in [0.3, 0.4) is 0 Å². The normalized spacial score (nSPS) is 19.8. The highest BCUT2D eigenvalue weighted by atomic mass is 16.5. The first-order valence-electron chi connectivity index (χ1n) is 8.89. The monoisotopic (exact) mass is 354 g/mol. The third-order valence-corrected chi connectivity index (χ3v) is 5.14. The zero-order chi connectivity index (χ0) is 18.1. The number of fused-ring (bicyclic) bond motifs is 1. The van der Waals surface area contributed by atoms with Crippen LogP contribution in [0.25, 0.3) is 0 Å². The molecule has 1 saturated heterocycles. The van der Waals surface area contributed by atoms with Gasteiger partial charge < -0.3 is 19.4 Å². The van der Waals surface area contributed by atoms with Crippen LogP contribution in [0.4, 0.5) is 0 Å². The molecule has 1 atom stereocenters. The minimum atomic E-state index is -0.290. The highest BCUT2D eigenvalue weighted by Crippen LogP contribution is 2.28. The lowest BCUT2D eigenvalue weighted by atomic mass is 10.1. The first kappa shape index (κ1) is 16.8. The van der Waals surface area contributed by atoms with Crippen LogP contribution in [0.2, 0.25) is 0 Å². The zero-order valence-electron chi connectivity index (χ0n) is 14.7. The van der Waals surface area contributed by atoms with Gasteiger partial charge in [-0.15, -0.1) is 0 Å². The number of carbonyl (C=O) groups is 2. The van der Waals surface area contributed by atoms with Gasteiger partial charge >= 0.3 is 0 Å². The Kier molecular flexibility index (Phi) is 4.51. The van der Waals surface area contributed by atoms with Crippen LogP contribution in [0, 0.1) is 0 Å². The third kappa shape index (κ3) is 3.24. The molecule has 2 amide bonds. The average molecular weight is 354 g/mol. The summed E-state index contributed by atoms with van der Waals surface area (Å²) in [5, 5.41) is 2.92. The van der Waals surface area contributed by atoms with Gasteiger partial charge in [0.15, 0.2) is 5.76 Å². The summed E-state index contributed by atoms with van der Waals surface area (Å²) in [4.78, 5) is 26.7. The molecule has 2 aliphatic rings. The van der Waals surface area contributed by atoms with Gasteiger partial charge in [0.2, 0.25) is 5.91 Å². The second kappa shape index (κ2) is 6.96. The molecule has 1 aromatic carbocycles. The van der Waals surface area contributed by atoms with Gasteiger partial charge in [0.05, 0.1) is 6.04 Å². The minimum absolute atomic E-state index is 0.104. The van der Waals surface area contributed by atoms with E-state index in [4.69, 9.17) is 9.15 Å². The molecule has 1 aliphatic carbocycles. The Bertz CT molecular complexity index is 804. The summed E-state index contributed by atoms with van der Waals surface area (Å²) in [6.45, 7) is 0.875. The lowest BCUT2D eigenvalue weighted by Gasteiger charge is -2.24. The van der Waals surface area contributed by atoms with Crippen LogP contribution in [-0.2, 0) is 29.0 Å². The Balaban J connectivity index is 1.37. The molecule has 136 valence electrons. The number of rotatable bonds is 5. The fourth-order valence-electron chi connectivity index (χ4n) is 3.91. The Morgan fingerprint density at radius 2 is 1.92 bits per heavy atom. The van der Waals surface area contributed by atoms with Gasteiger partial charge in [-0.05, 0) is 36.1 Å². The van der Waals surface area contributed by atoms with E-state index in [1.165, 1.54) is 11.1 Å². The van der Waals surface area contributed by atoms with Crippen molar-refractivity contribution in [1.29, 1.82) is 0 Å². The molecule has 4 rings (SSSR count). The van der Waals surface area contributed by atoms with Crippen molar-refractivity contribution in [3.8, 4) is 0 Å². The minimum Gasteiger partial charge on any atom is -0.453 e. The number of hydrogen-bond acceptors (Lipinski definition) is 4. The van der Waals surface area contributed by atoms with Crippen molar-refractivity contribution in [1.82, 2.24) is 10.2 Å². The summed E-state index contributed by atoms with van der Waals surface area (Å²) in [5.74, 6) is 0.663. The Morgan fingerprint density at radius 3 is 2.62 bits per heavy atom. The number of nitrogens with zero attached hydrogens (tertiary/aromatic N) is 1. The van der Waals surface area contributed by atoms with Crippen LogP contribution in [0.1, 0.15) is 33.9 Å². The molecule has 0 bridgehead atoms. The number of furan rings is 1. The second-order valence-electron chi connectivity index (χ2n) is 6.95. The zero-order valence-corrected chi connectivity index (χ0v) is 14.7. The number of methoxy groups -OCH3 is 1. The van der Waals surface area contributed by atoms with Crippen molar-refractivity contribution < 1.29 is 18.7 Å². The van der Waals surface area contributed by atoms with E-state index in [2.05, 4.69) is 17.4 Å². The summed E-state index contributed by atoms with van der Waals surface area (Å²) < 4.78 is 10.4. The van der Waals surface area contributed by atoms with Gasteiger partial charge in [-0.1, -0.05) is 24.3 Å². The van der Waals surface area contributed by atoms with Gasteiger partial charge in [-0.2, -0.15) is 0 Å². The molecule has 1 N–H and O–H groups in total. The fraction of sp³-hybridized carbons (Fsp3) is 0.400. The van der Waals surface area contributed by atoms with E-state index in [-0.39, 0.29) is 29.7 Å². The summed E-state index contributed by atoms with van der Waals surface area (Å²) in [6.07, 6.45) is 2.12. The number of nitrogens with one attached hydrogen (secondary N) is 1. The van der Waals surface area contributed by atoms with E-state index in [1.54, 1.807) is 19.2 Å². The largest absolute Gasteiger partial charge is 0.453 e. The molecule has 2 aromatic rings. The molecule has 6 nitrogen and oxygen atoms in total. The van der Waals surface area contributed by atoms with Crippen molar-refractivity contribution in [3.63, 3.8) is 0 Å². The summed E-state index contributed by atoms with van der Waals surface area (Å²) in [5.41, 5.74) is 2.64. The first-order valence-corrected chi connectivity index (χ1v) is 8.89. The predicted octanol–water partition coefficient (Wildman–Crippen LogP) is 1.92. The lowest BCUT2D eigenvalue weighted by molar-refractivity contribution is -0.129.